The Bertz CT molecular complexity index is 1250. The van der Waals surface area contributed by atoms with Crippen molar-refractivity contribution in [3.8, 4) is 22.7 Å². The summed E-state index contributed by atoms with van der Waals surface area (Å²) in [6.45, 7) is 0.483. The van der Waals surface area contributed by atoms with E-state index in [1.807, 2.05) is 60.5 Å². The van der Waals surface area contributed by atoms with Gasteiger partial charge in [-0.05, 0) is 18.2 Å². The predicted molar refractivity (Wildman–Crippen MR) is 116 cm³/mol. The third-order valence-electron chi connectivity index (χ3n) is 5.36. The summed E-state index contributed by atoms with van der Waals surface area (Å²) in [4.78, 5) is 4.79. The fourth-order valence-electron chi connectivity index (χ4n) is 3.92. The quantitative estimate of drug-likeness (QED) is 0.407. The fraction of sp³-hybridized carbons (Fsp3) is 0.167. The maximum absolute atomic E-state index is 6.27. The molecule has 1 unspecified atom stereocenters. The van der Waals surface area contributed by atoms with Crippen LogP contribution in [0.3, 0.4) is 0 Å². The molecule has 30 heavy (non-hydrogen) atoms. The molecule has 0 amide bonds. The van der Waals surface area contributed by atoms with Gasteiger partial charge in [-0.15, -0.1) is 0 Å². The molecule has 1 atom stereocenters. The fourth-order valence-corrected chi connectivity index (χ4v) is 3.92. The van der Waals surface area contributed by atoms with Crippen LogP contribution in [0.2, 0.25) is 0 Å². The van der Waals surface area contributed by atoms with Gasteiger partial charge in [-0.25, -0.2) is 4.98 Å². The summed E-state index contributed by atoms with van der Waals surface area (Å²) < 4.78 is 15.8. The van der Waals surface area contributed by atoms with Crippen LogP contribution in [0, 0.1) is 0 Å². The number of para-hydroxylation sites is 1. The Hall–Kier alpha value is -3.64. The summed E-state index contributed by atoms with van der Waals surface area (Å²) >= 11 is 0. The van der Waals surface area contributed by atoms with Gasteiger partial charge in [-0.1, -0.05) is 48.5 Å². The monoisotopic (exact) mass is 398 g/mol. The standard InChI is InChI=1S/C24H22N4O2/c1-27-19(12-13-26-27)20(15-29-2)28-16-25-23(17-8-4-3-5-9-17)24(28)22-14-18-10-6-7-11-21(18)30-22/h3-14,16,20H,15H2,1-2H3. The highest BCUT2D eigenvalue weighted by atomic mass is 16.5. The highest BCUT2D eigenvalue weighted by molar-refractivity contribution is 5.85. The van der Waals surface area contributed by atoms with Gasteiger partial charge in [-0.3, -0.25) is 4.68 Å². The maximum Gasteiger partial charge on any atom is 0.154 e. The Morgan fingerprint density at radius 1 is 1.03 bits per heavy atom. The number of imidazole rings is 1. The van der Waals surface area contributed by atoms with Crippen LogP contribution >= 0.6 is 0 Å². The van der Waals surface area contributed by atoms with E-state index in [1.54, 1.807) is 13.3 Å². The van der Waals surface area contributed by atoms with E-state index in [2.05, 4.69) is 33.9 Å². The first-order valence-corrected chi connectivity index (χ1v) is 9.84. The van der Waals surface area contributed by atoms with E-state index in [4.69, 9.17) is 14.1 Å². The molecule has 0 radical (unpaired) electrons. The second-order valence-corrected chi connectivity index (χ2v) is 7.21. The molecule has 2 aromatic carbocycles. The summed E-state index contributed by atoms with van der Waals surface area (Å²) in [7, 11) is 3.65. The van der Waals surface area contributed by atoms with Gasteiger partial charge in [0, 0.05) is 31.3 Å². The third kappa shape index (κ3) is 3.11. The zero-order valence-corrected chi connectivity index (χ0v) is 16.9. The molecule has 6 heteroatoms. The normalized spacial score (nSPS) is 12.5. The second-order valence-electron chi connectivity index (χ2n) is 7.21. The van der Waals surface area contributed by atoms with Crippen LogP contribution in [0.1, 0.15) is 11.7 Å². The van der Waals surface area contributed by atoms with Gasteiger partial charge in [0.1, 0.15) is 17.3 Å². The SMILES string of the molecule is COCC(c1ccnn1C)n1cnc(-c2ccccc2)c1-c1cc2ccccc2o1. The Morgan fingerprint density at radius 3 is 2.57 bits per heavy atom. The highest BCUT2D eigenvalue weighted by Gasteiger charge is 2.26. The first kappa shape index (κ1) is 18.4. The van der Waals surface area contributed by atoms with E-state index in [0.29, 0.717) is 6.61 Å². The zero-order chi connectivity index (χ0) is 20.5. The molecule has 0 fully saturated rings. The Morgan fingerprint density at radius 2 is 1.83 bits per heavy atom. The summed E-state index contributed by atoms with van der Waals surface area (Å²) in [5.41, 5.74) is 4.71. The highest BCUT2D eigenvalue weighted by Crippen LogP contribution is 2.37. The molecule has 0 aliphatic carbocycles. The number of hydrogen-bond acceptors (Lipinski definition) is 4. The second kappa shape index (κ2) is 7.65. The zero-order valence-electron chi connectivity index (χ0n) is 16.9. The minimum absolute atomic E-state index is 0.101. The van der Waals surface area contributed by atoms with Crippen LogP contribution in [0.5, 0.6) is 0 Å². The van der Waals surface area contributed by atoms with Crippen LogP contribution < -0.4 is 0 Å². The van der Waals surface area contributed by atoms with E-state index in [-0.39, 0.29) is 6.04 Å². The average Bonchev–Trinajstić information content (AvgIpc) is 3.50. The van der Waals surface area contributed by atoms with Gasteiger partial charge in [-0.2, -0.15) is 5.10 Å². The molecule has 6 nitrogen and oxygen atoms in total. The van der Waals surface area contributed by atoms with Gasteiger partial charge in [0.15, 0.2) is 5.76 Å². The molecular formula is C24H22N4O2. The molecule has 0 N–H and O–H groups in total. The third-order valence-corrected chi connectivity index (χ3v) is 5.36. The van der Waals surface area contributed by atoms with Crippen LogP contribution in [-0.4, -0.2) is 33.0 Å². The van der Waals surface area contributed by atoms with Crippen molar-refractivity contribution < 1.29 is 9.15 Å². The van der Waals surface area contributed by atoms with Crippen molar-refractivity contribution in [1.29, 1.82) is 0 Å². The van der Waals surface area contributed by atoms with E-state index in [1.165, 1.54) is 0 Å². The van der Waals surface area contributed by atoms with E-state index >= 15 is 0 Å². The lowest BCUT2D eigenvalue weighted by molar-refractivity contribution is 0.166. The number of benzene rings is 2. The molecule has 3 aromatic heterocycles. The first-order chi connectivity index (χ1) is 14.8. The van der Waals surface area contributed by atoms with Crippen LogP contribution in [0.25, 0.3) is 33.7 Å². The van der Waals surface area contributed by atoms with Crippen LogP contribution in [0.4, 0.5) is 0 Å². The first-order valence-electron chi connectivity index (χ1n) is 9.84. The Balaban J connectivity index is 1.75. The molecule has 5 rings (SSSR count). The molecule has 3 heterocycles. The molecule has 0 spiro atoms. The summed E-state index contributed by atoms with van der Waals surface area (Å²) in [6.07, 6.45) is 3.66. The van der Waals surface area contributed by atoms with Crippen molar-refractivity contribution in [2.24, 2.45) is 7.05 Å². The molecule has 0 aliphatic heterocycles. The van der Waals surface area contributed by atoms with Gasteiger partial charge in [0.25, 0.3) is 0 Å². The largest absolute Gasteiger partial charge is 0.454 e. The molecule has 0 aliphatic rings. The smallest absolute Gasteiger partial charge is 0.154 e. The van der Waals surface area contributed by atoms with Crippen LogP contribution in [-0.2, 0) is 11.8 Å². The van der Waals surface area contributed by atoms with E-state index < -0.39 is 0 Å². The molecule has 0 bridgehead atoms. The molecule has 0 saturated carbocycles. The van der Waals surface area contributed by atoms with Crippen molar-refractivity contribution in [1.82, 2.24) is 19.3 Å². The number of furan rings is 1. The average molecular weight is 398 g/mol. The number of nitrogens with zero attached hydrogens (tertiary/aromatic N) is 4. The summed E-state index contributed by atoms with van der Waals surface area (Å²) in [6, 6.07) is 22.2. The number of rotatable bonds is 6. The predicted octanol–water partition coefficient (Wildman–Crippen LogP) is 4.93. The number of aryl methyl sites for hydroxylation is 1. The van der Waals surface area contributed by atoms with Gasteiger partial charge < -0.3 is 13.7 Å². The van der Waals surface area contributed by atoms with Crippen molar-refractivity contribution in [3.63, 3.8) is 0 Å². The number of methoxy groups -OCH3 is 1. The molecule has 150 valence electrons. The minimum Gasteiger partial charge on any atom is -0.454 e. The van der Waals surface area contributed by atoms with Gasteiger partial charge >= 0.3 is 0 Å². The number of hydrogen-bond donors (Lipinski definition) is 0. The molecule has 5 aromatic rings. The van der Waals surface area contributed by atoms with E-state index in [9.17, 15) is 0 Å². The Kier molecular flexibility index (Phi) is 4.69. The van der Waals surface area contributed by atoms with Crippen molar-refractivity contribution >= 4 is 11.0 Å². The van der Waals surface area contributed by atoms with Gasteiger partial charge in [0.05, 0.1) is 24.3 Å². The lowest BCUT2D eigenvalue weighted by Crippen LogP contribution is -2.19. The summed E-state index contributed by atoms with van der Waals surface area (Å²) in [5.74, 6) is 0.774. The van der Waals surface area contributed by atoms with Gasteiger partial charge in [0.2, 0.25) is 0 Å². The maximum atomic E-state index is 6.27. The van der Waals surface area contributed by atoms with Crippen molar-refractivity contribution in [2.75, 3.05) is 13.7 Å². The lowest BCUT2D eigenvalue weighted by atomic mass is 10.1. The van der Waals surface area contributed by atoms with Crippen LogP contribution in [0.15, 0.2) is 83.7 Å². The summed E-state index contributed by atoms with van der Waals surface area (Å²) in [5, 5.41) is 5.41. The van der Waals surface area contributed by atoms with Crippen molar-refractivity contribution in [2.45, 2.75) is 6.04 Å². The number of ether oxygens (including phenoxy) is 1. The molecule has 0 saturated heterocycles. The molecular weight excluding hydrogens is 376 g/mol. The number of fused-ring (bicyclic) bond motifs is 1. The minimum atomic E-state index is -0.101. The Labute approximate surface area is 174 Å². The van der Waals surface area contributed by atoms with E-state index in [0.717, 1.165) is 39.4 Å². The number of aromatic nitrogens is 4. The van der Waals surface area contributed by atoms with Crippen molar-refractivity contribution in [3.05, 3.63) is 84.9 Å². The topological polar surface area (TPSA) is 58.0 Å². The lowest BCUT2D eigenvalue weighted by Gasteiger charge is -2.20.